The van der Waals surface area contributed by atoms with Gasteiger partial charge in [-0.3, -0.25) is 4.79 Å². The summed E-state index contributed by atoms with van der Waals surface area (Å²) in [6.45, 7) is 0.803. The summed E-state index contributed by atoms with van der Waals surface area (Å²) in [6, 6.07) is 11.9. The van der Waals surface area contributed by atoms with Gasteiger partial charge in [0.15, 0.2) is 5.84 Å². The van der Waals surface area contributed by atoms with Crippen LogP contribution in [0.2, 0.25) is 0 Å². The van der Waals surface area contributed by atoms with Crippen molar-refractivity contribution in [2.24, 2.45) is 10.9 Å². The summed E-state index contributed by atoms with van der Waals surface area (Å²) in [5.41, 5.74) is 6.00. The smallest absolute Gasteiger partial charge is 0.250 e. The molecule has 6 heteroatoms. The zero-order valence-electron chi connectivity index (χ0n) is 10.8. The highest BCUT2D eigenvalue weighted by Gasteiger charge is 2.01. The molecule has 0 aliphatic rings. The number of rotatable bonds is 5. The van der Waals surface area contributed by atoms with E-state index in [-0.39, 0.29) is 11.4 Å². The molecule has 0 radical (unpaired) electrons. The van der Waals surface area contributed by atoms with Gasteiger partial charge in [0.05, 0.1) is 6.54 Å². The second kappa shape index (κ2) is 6.42. The van der Waals surface area contributed by atoms with Crippen molar-refractivity contribution in [1.29, 1.82) is 0 Å². The molecule has 0 aliphatic heterocycles. The Labute approximate surface area is 115 Å². The summed E-state index contributed by atoms with van der Waals surface area (Å²) >= 11 is 0. The van der Waals surface area contributed by atoms with Gasteiger partial charge < -0.3 is 20.2 Å². The zero-order valence-corrected chi connectivity index (χ0v) is 10.8. The topological polar surface area (TPSA) is 89.8 Å². The molecule has 2 aromatic rings. The molecule has 0 atom stereocenters. The van der Waals surface area contributed by atoms with E-state index >= 15 is 0 Å². The van der Waals surface area contributed by atoms with E-state index in [1.165, 1.54) is 6.07 Å². The molecule has 1 heterocycles. The van der Waals surface area contributed by atoms with Gasteiger partial charge in [0, 0.05) is 17.8 Å². The maximum absolute atomic E-state index is 11.5. The van der Waals surface area contributed by atoms with Crippen LogP contribution in [-0.4, -0.2) is 22.2 Å². The fraction of sp³-hybridized carbons (Fsp3) is 0.143. The number of hydrogen-bond acceptors (Lipinski definition) is 4. The van der Waals surface area contributed by atoms with Crippen LogP contribution < -0.4 is 16.0 Å². The molecule has 3 N–H and O–H groups in total. The molecule has 6 nitrogen and oxygen atoms in total. The van der Waals surface area contributed by atoms with Crippen molar-refractivity contribution < 1.29 is 9.94 Å². The normalized spacial score (nSPS) is 11.3. The van der Waals surface area contributed by atoms with E-state index in [9.17, 15) is 4.79 Å². The fourth-order valence-corrected chi connectivity index (χ4v) is 1.71. The number of nitrogens with two attached hydrogens (primary N) is 1. The molecule has 2 rings (SSSR count). The van der Waals surface area contributed by atoms with Gasteiger partial charge in [-0.2, -0.15) is 0 Å². The standard InChI is InChI=1S/C14H15N3O3/c15-14(16-19)11-4-3-5-12(10-11)20-9-8-17-7-2-1-6-13(17)18/h1-7,10,19H,8-9H2,(H2,15,16). The minimum absolute atomic E-state index is 0.0229. The Balaban J connectivity index is 1.98. The van der Waals surface area contributed by atoms with Crippen LogP contribution in [0.5, 0.6) is 5.75 Å². The van der Waals surface area contributed by atoms with Crippen molar-refractivity contribution in [2.75, 3.05) is 6.61 Å². The van der Waals surface area contributed by atoms with Crippen LogP contribution in [0, 0.1) is 0 Å². The predicted octanol–water partition coefficient (Wildman–Crippen LogP) is 1.02. The van der Waals surface area contributed by atoms with Gasteiger partial charge in [-0.05, 0) is 18.2 Å². The predicted molar refractivity (Wildman–Crippen MR) is 75.1 cm³/mol. The fourth-order valence-electron chi connectivity index (χ4n) is 1.71. The largest absolute Gasteiger partial charge is 0.492 e. The number of amidine groups is 1. The first-order valence-corrected chi connectivity index (χ1v) is 6.07. The second-order valence-electron chi connectivity index (χ2n) is 4.09. The number of benzene rings is 1. The molecule has 0 saturated carbocycles. The second-order valence-corrected chi connectivity index (χ2v) is 4.09. The summed E-state index contributed by atoms with van der Waals surface area (Å²) in [7, 11) is 0. The molecule has 0 amide bonds. The number of pyridine rings is 1. The van der Waals surface area contributed by atoms with Gasteiger partial charge in [-0.15, -0.1) is 0 Å². The van der Waals surface area contributed by atoms with Crippen LogP contribution in [-0.2, 0) is 6.54 Å². The van der Waals surface area contributed by atoms with E-state index < -0.39 is 0 Å². The third kappa shape index (κ3) is 3.38. The highest BCUT2D eigenvalue weighted by Crippen LogP contribution is 2.13. The molecule has 0 aliphatic carbocycles. The monoisotopic (exact) mass is 273 g/mol. The molecule has 0 saturated heterocycles. The van der Waals surface area contributed by atoms with Crippen molar-refractivity contribution in [3.05, 3.63) is 64.6 Å². The average molecular weight is 273 g/mol. The molecule has 0 unspecified atom stereocenters. The van der Waals surface area contributed by atoms with Crippen LogP contribution in [0.4, 0.5) is 0 Å². The van der Waals surface area contributed by atoms with E-state index in [1.807, 2.05) is 0 Å². The maximum Gasteiger partial charge on any atom is 0.250 e. The summed E-state index contributed by atoms with van der Waals surface area (Å²) in [5.74, 6) is 0.618. The van der Waals surface area contributed by atoms with Crippen LogP contribution in [0.25, 0.3) is 0 Å². The lowest BCUT2D eigenvalue weighted by molar-refractivity contribution is 0.296. The number of oxime groups is 1. The van der Waals surface area contributed by atoms with Gasteiger partial charge in [-0.1, -0.05) is 23.4 Å². The summed E-state index contributed by atoms with van der Waals surface area (Å²) < 4.78 is 7.11. The lowest BCUT2D eigenvalue weighted by atomic mass is 10.2. The van der Waals surface area contributed by atoms with Crippen molar-refractivity contribution in [3.63, 3.8) is 0 Å². The molecule has 104 valence electrons. The first-order valence-electron chi connectivity index (χ1n) is 6.07. The van der Waals surface area contributed by atoms with Gasteiger partial charge in [0.1, 0.15) is 12.4 Å². The first kappa shape index (κ1) is 13.7. The van der Waals surface area contributed by atoms with Crippen molar-refractivity contribution in [2.45, 2.75) is 6.54 Å². The van der Waals surface area contributed by atoms with Crippen LogP contribution >= 0.6 is 0 Å². The Kier molecular flexibility index (Phi) is 4.39. The molecular formula is C14H15N3O3. The van der Waals surface area contributed by atoms with Gasteiger partial charge in [0.2, 0.25) is 0 Å². The lowest BCUT2D eigenvalue weighted by Crippen LogP contribution is -2.21. The SMILES string of the molecule is N/C(=N/O)c1cccc(OCCn2ccccc2=O)c1. The van der Waals surface area contributed by atoms with E-state index in [4.69, 9.17) is 15.7 Å². The molecule has 0 fully saturated rings. The Morgan fingerprint density at radius 2 is 2.15 bits per heavy atom. The molecule has 0 bridgehead atoms. The van der Waals surface area contributed by atoms with Gasteiger partial charge in [0.25, 0.3) is 5.56 Å². The van der Waals surface area contributed by atoms with E-state index in [0.717, 1.165) is 0 Å². The number of nitrogens with zero attached hydrogens (tertiary/aromatic N) is 2. The maximum atomic E-state index is 11.5. The molecule has 20 heavy (non-hydrogen) atoms. The van der Waals surface area contributed by atoms with Crippen LogP contribution in [0.1, 0.15) is 5.56 Å². The van der Waals surface area contributed by atoms with Crippen molar-refractivity contribution in [3.8, 4) is 5.75 Å². The van der Waals surface area contributed by atoms with E-state index in [2.05, 4.69) is 5.16 Å². The number of hydrogen-bond donors (Lipinski definition) is 2. The summed E-state index contributed by atoms with van der Waals surface area (Å²) in [4.78, 5) is 11.5. The summed E-state index contributed by atoms with van der Waals surface area (Å²) in [6.07, 6.45) is 1.71. The Morgan fingerprint density at radius 3 is 2.90 bits per heavy atom. The molecule has 1 aromatic carbocycles. The Bertz CT molecular complexity index is 664. The lowest BCUT2D eigenvalue weighted by Gasteiger charge is -2.09. The molecular weight excluding hydrogens is 258 g/mol. The quantitative estimate of drug-likeness (QED) is 0.368. The van der Waals surface area contributed by atoms with Gasteiger partial charge >= 0.3 is 0 Å². The summed E-state index contributed by atoms with van der Waals surface area (Å²) in [5, 5.41) is 11.6. The first-order chi connectivity index (χ1) is 9.70. The highest BCUT2D eigenvalue weighted by molar-refractivity contribution is 5.97. The number of ether oxygens (including phenoxy) is 1. The van der Waals surface area contributed by atoms with Gasteiger partial charge in [-0.25, -0.2) is 0 Å². The molecule has 0 spiro atoms. The van der Waals surface area contributed by atoms with Crippen molar-refractivity contribution in [1.82, 2.24) is 4.57 Å². The van der Waals surface area contributed by atoms with Crippen LogP contribution in [0.3, 0.4) is 0 Å². The molecule has 1 aromatic heterocycles. The Morgan fingerprint density at radius 1 is 1.30 bits per heavy atom. The van der Waals surface area contributed by atoms with E-state index in [1.54, 1.807) is 47.2 Å². The van der Waals surface area contributed by atoms with Crippen molar-refractivity contribution >= 4 is 5.84 Å². The third-order valence-electron chi connectivity index (χ3n) is 2.74. The Hall–Kier alpha value is -2.76. The van der Waals surface area contributed by atoms with E-state index in [0.29, 0.717) is 24.5 Å². The highest BCUT2D eigenvalue weighted by atomic mass is 16.5. The number of aromatic nitrogens is 1. The minimum atomic E-state index is -0.0680. The third-order valence-corrected chi connectivity index (χ3v) is 2.74. The minimum Gasteiger partial charge on any atom is -0.492 e. The van der Waals surface area contributed by atoms with Crippen LogP contribution in [0.15, 0.2) is 58.6 Å². The zero-order chi connectivity index (χ0) is 14.4. The average Bonchev–Trinajstić information content (AvgIpc) is 2.49.